The van der Waals surface area contributed by atoms with Crippen LogP contribution >= 0.6 is 0 Å². The summed E-state index contributed by atoms with van der Waals surface area (Å²) in [6.45, 7) is 0. The summed E-state index contributed by atoms with van der Waals surface area (Å²) in [5.41, 5.74) is 2.20. The highest BCUT2D eigenvalue weighted by molar-refractivity contribution is 5.75. The maximum absolute atomic E-state index is 11.2. The zero-order valence-electron chi connectivity index (χ0n) is 10.7. The molecule has 0 aromatic carbocycles. The number of aromatic nitrogens is 1. The number of hydrogen-bond acceptors (Lipinski definition) is 3. The Balaban J connectivity index is 1.96. The molecular formula is C14H16N2O3. The number of methoxy groups -OCH3 is 1. The second kappa shape index (κ2) is 4.57. The van der Waals surface area contributed by atoms with Crippen LogP contribution in [0.5, 0.6) is 5.75 Å². The minimum absolute atomic E-state index is 0.00382. The van der Waals surface area contributed by atoms with Crippen molar-refractivity contribution in [2.75, 3.05) is 7.11 Å². The third-order valence-electron chi connectivity index (χ3n) is 3.97. The van der Waals surface area contributed by atoms with Gasteiger partial charge in [0.15, 0.2) is 0 Å². The average molecular weight is 260 g/mol. The topological polar surface area (TPSA) is 62.7 Å². The summed E-state index contributed by atoms with van der Waals surface area (Å²) < 4.78 is 5.33. The van der Waals surface area contributed by atoms with E-state index in [1.54, 1.807) is 24.4 Å². The van der Waals surface area contributed by atoms with Crippen LogP contribution in [-0.4, -0.2) is 40.3 Å². The van der Waals surface area contributed by atoms with Crippen molar-refractivity contribution in [2.45, 2.75) is 31.3 Å². The molecule has 100 valence electrons. The van der Waals surface area contributed by atoms with Crippen molar-refractivity contribution in [3.8, 4) is 5.75 Å². The number of pyridine rings is 1. The molecule has 2 atom stereocenters. The van der Waals surface area contributed by atoms with E-state index in [1.807, 2.05) is 6.07 Å². The number of carboxylic acid groups (broad SMARTS) is 1. The van der Waals surface area contributed by atoms with Crippen molar-refractivity contribution < 1.29 is 14.6 Å². The van der Waals surface area contributed by atoms with E-state index in [9.17, 15) is 9.90 Å². The first-order valence-electron chi connectivity index (χ1n) is 6.41. The molecule has 2 aliphatic rings. The van der Waals surface area contributed by atoms with Gasteiger partial charge in [-0.1, -0.05) is 6.08 Å². The molecule has 1 aromatic heterocycles. The molecule has 19 heavy (non-hydrogen) atoms. The Labute approximate surface area is 111 Å². The van der Waals surface area contributed by atoms with Gasteiger partial charge < -0.3 is 9.84 Å². The summed E-state index contributed by atoms with van der Waals surface area (Å²) in [5.74, 6) is 0.747. The number of hydrogen-bond donors (Lipinski definition) is 1. The van der Waals surface area contributed by atoms with Crippen LogP contribution in [-0.2, 0) is 0 Å². The van der Waals surface area contributed by atoms with E-state index in [4.69, 9.17) is 4.74 Å². The van der Waals surface area contributed by atoms with Crippen molar-refractivity contribution in [1.29, 1.82) is 0 Å². The average Bonchev–Trinajstić information content (AvgIpc) is 2.70. The fourth-order valence-electron chi connectivity index (χ4n) is 3.14. The van der Waals surface area contributed by atoms with E-state index in [0.717, 1.165) is 30.6 Å². The lowest BCUT2D eigenvalue weighted by Gasteiger charge is -2.32. The summed E-state index contributed by atoms with van der Waals surface area (Å²) in [5, 5.41) is 9.24. The quantitative estimate of drug-likeness (QED) is 0.886. The molecule has 2 aliphatic heterocycles. The summed E-state index contributed by atoms with van der Waals surface area (Å²) in [7, 11) is 1.63. The van der Waals surface area contributed by atoms with Crippen molar-refractivity contribution in [1.82, 2.24) is 9.88 Å². The van der Waals surface area contributed by atoms with Gasteiger partial charge in [0.1, 0.15) is 5.75 Å². The number of ether oxygens (including phenoxy) is 1. The highest BCUT2D eigenvalue weighted by atomic mass is 16.5. The second-order valence-corrected chi connectivity index (χ2v) is 4.96. The molecular weight excluding hydrogens is 244 g/mol. The Morgan fingerprint density at radius 1 is 1.53 bits per heavy atom. The van der Waals surface area contributed by atoms with Crippen molar-refractivity contribution in [2.24, 2.45) is 0 Å². The number of fused-ring (bicyclic) bond motifs is 2. The lowest BCUT2D eigenvalue weighted by atomic mass is 9.95. The fourth-order valence-corrected chi connectivity index (χ4v) is 3.14. The van der Waals surface area contributed by atoms with Crippen LogP contribution in [0.3, 0.4) is 0 Å². The molecule has 0 aliphatic carbocycles. The zero-order valence-corrected chi connectivity index (χ0v) is 10.7. The van der Waals surface area contributed by atoms with E-state index < -0.39 is 6.09 Å². The van der Waals surface area contributed by atoms with Gasteiger partial charge in [0.25, 0.3) is 0 Å². The fraction of sp³-hybridized carbons (Fsp3) is 0.429. The molecule has 1 saturated heterocycles. The zero-order chi connectivity index (χ0) is 13.4. The molecule has 0 radical (unpaired) electrons. The van der Waals surface area contributed by atoms with Crippen LogP contribution < -0.4 is 4.74 Å². The molecule has 5 heteroatoms. The lowest BCUT2D eigenvalue weighted by molar-refractivity contribution is 0.128. The Morgan fingerprint density at radius 3 is 3.05 bits per heavy atom. The third-order valence-corrected chi connectivity index (χ3v) is 3.97. The molecule has 2 bridgehead atoms. The molecule has 1 N–H and O–H groups in total. The summed E-state index contributed by atoms with van der Waals surface area (Å²) in [6.07, 6.45) is 7.28. The monoisotopic (exact) mass is 260 g/mol. The highest BCUT2D eigenvalue weighted by Gasteiger charge is 2.40. The van der Waals surface area contributed by atoms with Crippen molar-refractivity contribution >= 4 is 11.7 Å². The van der Waals surface area contributed by atoms with Gasteiger partial charge in [-0.2, -0.15) is 0 Å². The molecule has 0 saturated carbocycles. The maximum Gasteiger partial charge on any atom is 0.408 e. The van der Waals surface area contributed by atoms with Gasteiger partial charge in [-0.3, -0.25) is 9.88 Å². The van der Waals surface area contributed by atoms with Crippen molar-refractivity contribution in [3.05, 3.63) is 30.1 Å². The molecule has 1 fully saturated rings. The first-order chi connectivity index (χ1) is 9.20. The van der Waals surface area contributed by atoms with Gasteiger partial charge in [0.2, 0.25) is 0 Å². The maximum atomic E-state index is 11.2. The number of rotatable bonds is 2. The molecule has 0 spiro atoms. The van der Waals surface area contributed by atoms with Crippen molar-refractivity contribution in [3.63, 3.8) is 0 Å². The highest BCUT2D eigenvalue weighted by Crippen LogP contribution is 2.40. The van der Waals surface area contributed by atoms with Crippen LogP contribution in [0.2, 0.25) is 0 Å². The predicted molar refractivity (Wildman–Crippen MR) is 70.1 cm³/mol. The standard InChI is InChI=1S/C14H16N2O3/c1-19-13-8-15-5-4-12(13)9-6-10-2-3-11(7-9)16(10)14(17)18/h4-6,8,10-11H,2-3,7H2,1H3,(H,17,18)/t10-,11+/m1/s1. The number of amides is 1. The smallest absolute Gasteiger partial charge is 0.408 e. The van der Waals surface area contributed by atoms with Gasteiger partial charge in [-0.05, 0) is 30.9 Å². The Kier molecular flexibility index (Phi) is 2.89. The Morgan fingerprint density at radius 2 is 2.37 bits per heavy atom. The number of carbonyl (C=O) groups is 1. The van der Waals surface area contributed by atoms with Gasteiger partial charge in [0.05, 0.1) is 19.3 Å². The minimum atomic E-state index is -0.815. The molecule has 3 rings (SSSR count). The SMILES string of the molecule is COc1cnccc1C1=C[C@H]2CC[C@@H](C1)N2C(=O)O. The van der Waals surface area contributed by atoms with Gasteiger partial charge >= 0.3 is 6.09 Å². The number of nitrogens with zero attached hydrogens (tertiary/aromatic N) is 2. The predicted octanol–water partition coefficient (Wildman–Crippen LogP) is 2.39. The molecule has 5 nitrogen and oxygen atoms in total. The largest absolute Gasteiger partial charge is 0.495 e. The molecule has 1 aromatic rings. The summed E-state index contributed by atoms with van der Waals surface area (Å²) >= 11 is 0. The molecule has 0 unspecified atom stereocenters. The van der Waals surface area contributed by atoms with Gasteiger partial charge in [-0.25, -0.2) is 4.79 Å². The summed E-state index contributed by atoms with van der Waals surface area (Å²) in [4.78, 5) is 16.9. The van der Waals surface area contributed by atoms with E-state index in [0.29, 0.717) is 0 Å². The lowest BCUT2D eigenvalue weighted by Crippen LogP contribution is -2.42. The Hall–Kier alpha value is -2.04. The first-order valence-corrected chi connectivity index (χ1v) is 6.41. The van der Waals surface area contributed by atoms with E-state index in [1.165, 1.54) is 5.57 Å². The van der Waals surface area contributed by atoms with Gasteiger partial charge in [-0.15, -0.1) is 0 Å². The van der Waals surface area contributed by atoms with Gasteiger partial charge in [0, 0.05) is 17.8 Å². The van der Waals surface area contributed by atoms with Crippen LogP contribution in [0.15, 0.2) is 24.5 Å². The van der Waals surface area contributed by atoms with Crippen LogP contribution in [0, 0.1) is 0 Å². The molecule has 1 amide bonds. The normalized spacial score (nSPS) is 25.1. The van der Waals surface area contributed by atoms with E-state index in [-0.39, 0.29) is 12.1 Å². The Bertz CT molecular complexity index is 541. The summed E-state index contributed by atoms with van der Waals surface area (Å²) in [6, 6.07) is 2.03. The van der Waals surface area contributed by atoms with Crippen LogP contribution in [0.25, 0.3) is 5.57 Å². The minimum Gasteiger partial charge on any atom is -0.495 e. The van der Waals surface area contributed by atoms with Crippen LogP contribution in [0.4, 0.5) is 4.79 Å². The van der Waals surface area contributed by atoms with E-state index in [2.05, 4.69) is 11.1 Å². The third kappa shape index (κ3) is 1.95. The second-order valence-electron chi connectivity index (χ2n) is 4.96. The van der Waals surface area contributed by atoms with E-state index >= 15 is 0 Å². The molecule has 3 heterocycles. The van der Waals surface area contributed by atoms with Crippen LogP contribution in [0.1, 0.15) is 24.8 Å². The first kappa shape index (κ1) is 12.0.